The van der Waals surface area contributed by atoms with Crippen LogP contribution < -0.4 is 5.32 Å². The Morgan fingerprint density at radius 2 is 2.35 bits per heavy atom. The highest BCUT2D eigenvalue weighted by atomic mass is 32.2. The van der Waals surface area contributed by atoms with Crippen LogP contribution in [0, 0.1) is 0 Å². The number of hydrogen-bond acceptors (Lipinski definition) is 7. The van der Waals surface area contributed by atoms with E-state index in [0.29, 0.717) is 5.75 Å². The van der Waals surface area contributed by atoms with Gasteiger partial charge in [-0.25, -0.2) is 4.79 Å². The zero-order chi connectivity index (χ0) is 13.9. The van der Waals surface area contributed by atoms with Gasteiger partial charge >= 0.3 is 5.97 Å². The number of nitrogens with zero attached hydrogens (tertiary/aromatic N) is 1. The predicted octanol–water partition coefficient (Wildman–Crippen LogP) is 1.58. The van der Waals surface area contributed by atoms with Crippen molar-refractivity contribution in [2.45, 2.75) is 16.3 Å². The molecule has 3 rings (SSSR count). The lowest BCUT2D eigenvalue weighted by Crippen LogP contribution is -2.23. The van der Waals surface area contributed by atoms with Crippen LogP contribution in [-0.4, -0.2) is 46.5 Å². The number of aliphatic hydroxyl groups is 1. The molecule has 0 aliphatic carbocycles. The third kappa shape index (κ3) is 2.79. The zero-order valence-electron chi connectivity index (χ0n) is 10.6. The van der Waals surface area contributed by atoms with Crippen LogP contribution in [0.4, 0.5) is 5.69 Å². The van der Waals surface area contributed by atoms with Crippen molar-refractivity contribution in [3.63, 3.8) is 0 Å². The summed E-state index contributed by atoms with van der Waals surface area (Å²) in [6, 6.07) is 7.66. The van der Waals surface area contributed by atoms with Gasteiger partial charge in [-0.2, -0.15) is 0 Å². The van der Waals surface area contributed by atoms with Crippen molar-refractivity contribution in [1.29, 1.82) is 0 Å². The molecule has 7 heteroatoms. The van der Waals surface area contributed by atoms with E-state index in [1.165, 1.54) is 4.90 Å². The minimum absolute atomic E-state index is 0.0344. The predicted molar refractivity (Wildman–Crippen MR) is 81.4 cm³/mol. The first-order valence-electron chi connectivity index (χ1n) is 6.28. The van der Waals surface area contributed by atoms with Crippen LogP contribution in [0.25, 0.3) is 0 Å². The molecule has 2 atom stereocenters. The summed E-state index contributed by atoms with van der Waals surface area (Å²) in [7, 11) is 0. The molecule has 0 spiro atoms. The highest BCUT2D eigenvalue weighted by molar-refractivity contribution is 8.16. The Labute approximate surface area is 125 Å². The van der Waals surface area contributed by atoms with Crippen LogP contribution in [-0.2, 0) is 9.53 Å². The van der Waals surface area contributed by atoms with E-state index >= 15 is 0 Å². The number of ether oxygens (including phenoxy) is 1. The Kier molecular flexibility index (Phi) is 4.18. The van der Waals surface area contributed by atoms with Crippen LogP contribution in [0.5, 0.6) is 0 Å². The second-order valence-electron chi connectivity index (χ2n) is 4.32. The summed E-state index contributed by atoms with van der Waals surface area (Å²) in [6.07, 6.45) is 0. The van der Waals surface area contributed by atoms with Crippen LogP contribution in [0.3, 0.4) is 0 Å². The molecule has 0 saturated heterocycles. The van der Waals surface area contributed by atoms with Gasteiger partial charge in [0.05, 0.1) is 6.61 Å². The number of esters is 1. The third-order valence-electron chi connectivity index (χ3n) is 2.92. The molecule has 2 aliphatic heterocycles. The smallest absolute Gasteiger partial charge is 0.331 e. The number of aliphatic hydroxyl groups excluding tert-OH is 1. The molecule has 1 aromatic carbocycles. The molecule has 0 fully saturated rings. The van der Waals surface area contributed by atoms with Gasteiger partial charge in [-0.15, -0.1) is 11.8 Å². The fraction of sp³-hybridized carbons (Fsp3) is 0.385. The number of fused-ring (bicyclic) bond motifs is 1. The number of hydrogen-bond donors (Lipinski definition) is 2. The van der Waals surface area contributed by atoms with E-state index in [1.54, 1.807) is 23.5 Å². The van der Waals surface area contributed by atoms with Gasteiger partial charge in [0.1, 0.15) is 17.0 Å². The van der Waals surface area contributed by atoms with E-state index in [9.17, 15) is 4.79 Å². The lowest BCUT2D eigenvalue weighted by molar-refractivity contribution is -0.145. The number of carbonyl (C=O) groups excluding carboxylic acids is 1. The molecule has 0 radical (unpaired) electrons. The largest absolute Gasteiger partial charge is 0.462 e. The molecule has 20 heavy (non-hydrogen) atoms. The maximum Gasteiger partial charge on any atom is 0.331 e. The SMILES string of the molecule is O=C(OCCO)C1CSC(C2Nc3ccccc3S2)=N1. The molecule has 5 nitrogen and oxygen atoms in total. The van der Waals surface area contributed by atoms with E-state index in [4.69, 9.17) is 9.84 Å². The first-order chi connectivity index (χ1) is 9.78. The molecule has 2 N–H and O–H groups in total. The van der Waals surface area contributed by atoms with Gasteiger partial charge in [-0.3, -0.25) is 4.99 Å². The van der Waals surface area contributed by atoms with E-state index in [0.717, 1.165) is 10.7 Å². The molecule has 106 valence electrons. The van der Waals surface area contributed by atoms with Crippen molar-refractivity contribution in [1.82, 2.24) is 0 Å². The Hall–Kier alpha value is -1.18. The van der Waals surface area contributed by atoms with Gasteiger partial charge in [-0.05, 0) is 12.1 Å². The van der Waals surface area contributed by atoms with E-state index in [1.807, 2.05) is 18.2 Å². The van der Waals surface area contributed by atoms with Gasteiger partial charge in [-0.1, -0.05) is 23.9 Å². The Morgan fingerprint density at radius 3 is 3.15 bits per heavy atom. The summed E-state index contributed by atoms with van der Waals surface area (Å²) >= 11 is 3.29. The van der Waals surface area contributed by atoms with Crippen molar-refractivity contribution < 1.29 is 14.6 Å². The number of nitrogens with one attached hydrogen (secondary N) is 1. The fourth-order valence-corrected chi connectivity index (χ4v) is 4.31. The molecular weight excluding hydrogens is 296 g/mol. The van der Waals surface area contributed by atoms with Crippen molar-refractivity contribution in [3.8, 4) is 0 Å². The molecule has 0 amide bonds. The minimum atomic E-state index is -0.451. The minimum Gasteiger partial charge on any atom is -0.462 e. The topological polar surface area (TPSA) is 70.9 Å². The van der Waals surface area contributed by atoms with Crippen LogP contribution in [0.1, 0.15) is 0 Å². The molecular formula is C13H14N2O3S2. The lowest BCUT2D eigenvalue weighted by Gasteiger charge is -2.08. The molecule has 0 aromatic heterocycles. The first kappa shape index (κ1) is 13.8. The summed E-state index contributed by atoms with van der Waals surface area (Å²) in [5, 5.41) is 13.1. The lowest BCUT2D eigenvalue weighted by atomic mass is 10.3. The average molecular weight is 310 g/mol. The zero-order valence-corrected chi connectivity index (χ0v) is 12.2. The maximum atomic E-state index is 11.7. The summed E-state index contributed by atoms with van der Waals surface area (Å²) in [6.45, 7) is -0.121. The monoisotopic (exact) mass is 310 g/mol. The summed E-state index contributed by atoms with van der Waals surface area (Å²) < 4.78 is 4.91. The fourth-order valence-electron chi connectivity index (χ4n) is 2.00. The molecule has 0 bridgehead atoms. The number of thioether (sulfide) groups is 2. The second kappa shape index (κ2) is 6.07. The maximum absolute atomic E-state index is 11.7. The number of carbonyl (C=O) groups is 1. The highest BCUT2D eigenvalue weighted by Crippen LogP contribution is 2.41. The molecule has 2 heterocycles. The Bertz CT molecular complexity index is 525. The number of benzene rings is 1. The van der Waals surface area contributed by atoms with Crippen molar-refractivity contribution >= 4 is 40.2 Å². The average Bonchev–Trinajstić information content (AvgIpc) is 3.10. The molecule has 2 aliphatic rings. The van der Waals surface area contributed by atoms with Gasteiger partial charge in [0.15, 0.2) is 6.04 Å². The summed E-state index contributed by atoms with van der Waals surface area (Å²) in [5.74, 6) is 0.247. The van der Waals surface area contributed by atoms with Gasteiger partial charge in [0.2, 0.25) is 0 Å². The Morgan fingerprint density at radius 1 is 1.50 bits per heavy atom. The molecule has 0 saturated carbocycles. The van der Waals surface area contributed by atoms with E-state index < -0.39 is 6.04 Å². The van der Waals surface area contributed by atoms with E-state index in [2.05, 4.69) is 16.4 Å². The van der Waals surface area contributed by atoms with Crippen molar-refractivity contribution in [2.24, 2.45) is 4.99 Å². The number of anilines is 1. The quantitative estimate of drug-likeness (QED) is 0.823. The van der Waals surface area contributed by atoms with Gasteiger partial charge in [0, 0.05) is 16.3 Å². The van der Waals surface area contributed by atoms with Gasteiger partial charge < -0.3 is 15.2 Å². The van der Waals surface area contributed by atoms with Crippen LogP contribution in [0.15, 0.2) is 34.2 Å². The van der Waals surface area contributed by atoms with E-state index in [-0.39, 0.29) is 24.6 Å². The number of aliphatic imine (C=N–C) groups is 1. The highest BCUT2D eigenvalue weighted by Gasteiger charge is 2.33. The summed E-state index contributed by atoms with van der Waals surface area (Å²) in [5.41, 5.74) is 1.11. The number of rotatable bonds is 4. The molecule has 2 unspecified atom stereocenters. The number of para-hydroxylation sites is 1. The summed E-state index contributed by atoms with van der Waals surface area (Å²) in [4.78, 5) is 17.3. The van der Waals surface area contributed by atoms with Crippen LogP contribution in [0.2, 0.25) is 0 Å². The first-order valence-corrected chi connectivity index (χ1v) is 8.14. The molecule has 1 aromatic rings. The normalized spacial score (nSPS) is 23.9. The second-order valence-corrected chi connectivity index (χ2v) is 6.51. The van der Waals surface area contributed by atoms with Gasteiger partial charge in [0.25, 0.3) is 0 Å². The van der Waals surface area contributed by atoms with Crippen molar-refractivity contribution in [2.75, 3.05) is 24.3 Å². The van der Waals surface area contributed by atoms with Crippen molar-refractivity contribution in [3.05, 3.63) is 24.3 Å². The van der Waals surface area contributed by atoms with Crippen LogP contribution >= 0.6 is 23.5 Å². The Balaban J connectivity index is 1.64. The third-order valence-corrected chi connectivity index (χ3v) is 5.38. The standard InChI is InChI=1S/C13H14N2O3S2/c16-5-6-18-13(17)9-7-19-11(15-9)12-14-8-3-1-2-4-10(8)20-12/h1-4,9,12,14,16H,5-7H2.